The molecule has 0 saturated carbocycles. The molecule has 0 bridgehead atoms. The molecular weight excluding hydrogens is 348 g/mol. The van der Waals surface area contributed by atoms with Gasteiger partial charge in [0.05, 0.1) is 17.2 Å². The van der Waals surface area contributed by atoms with Gasteiger partial charge in [0.15, 0.2) is 23.6 Å². The number of nitrogens with zero attached hydrogens (tertiary/aromatic N) is 2. The molecule has 0 spiro atoms. The predicted molar refractivity (Wildman–Crippen MR) is 106 cm³/mol. The Hall–Kier alpha value is -2.28. The lowest BCUT2D eigenvalue weighted by molar-refractivity contribution is 0.0971. The average Bonchev–Trinajstić information content (AvgIpc) is 2.97. The number of aryl methyl sites for hydroxylation is 2. The molecule has 6 nitrogen and oxygen atoms in total. The number of hydrogen-bond donors (Lipinski definition) is 2. The van der Waals surface area contributed by atoms with Gasteiger partial charge in [-0.05, 0) is 32.9 Å². The van der Waals surface area contributed by atoms with Crippen LogP contribution in [0.3, 0.4) is 0 Å². The van der Waals surface area contributed by atoms with Crippen LogP contribution in [0.4, 0.5) is 0 Å². The second-order valence-electron chi connectivity index (χ2n) is 6.14. The Labute approximate surface area is 158 Å². The average molecular weight is 375 g/mol. The highest BCUT2D eigenvalue weighted by Crippen LogP contribution is 2.30. The van der Waals surface area contributed by atoms with E-state index in [1.165, 1.54) is 4.88 Å². The molecule has 2 heterocycles. The molecule has 2 aromatic rings. The Kier molecular flexibility index (Phi) is 6.33. The van der Waals surface area contributed by atoms with Crippen molar-refractivity contribution >= 4 is 17.3 Å². The van der Waals surface area contributed by atoms with Crippen LogP contribution in [0.25, 0.3) is 0 Å². The Morgan fingerprint density at radius 3 is 2.81 bits per heavy atom. The molecule has 140 valence electrons. The molecule has 1 atom stereocenters. The smallest absolute Gasteiger partial charge is 0.191 e. The maximum atomic E-state index is 5.95. The fourth-order valence-corrected chi connectivity index (χ4v) is 3.56. The van der Waals surface area contributed by atoms with E-state index in [4.69, 9.17) is 9.47 Å². The minimum absolute atomic E-state index is 0.0791. The minimum atomic E-state index is -0.0791. The summed E-state index contributed by atoms with van der Waals surface area (Å²) in [5.41, 5.74) is 1.13. The lowest BCUT2D eigenvalue weighted by atomic mass is 10.2. The molecule has 1 unspecified atom stereocenters. The SMILES string of the molecule is CCNC(=NCC1COc2ccccc2O1)NCCc1nc(C)c(C)s1. The zero-order valence-electron chi connectivity index (χ0n) is 15.5. The van der Waals surface area contributed by atoms with Crippen molar-refractivity contribution in [3.05, 3.63) is 39.8 Å². The van der Waals surface area contributed by atoms with Gasteiger partial charge in [-0.3, -0.25) is 0 Å². The molecule has 0 aliphatic carbocycles. The molecule has 1 aliphatic rings. The summed E-state index contributed by atoms with van der Waals surface area (Å²) in [5.74, 6) is 2.37. The van der Waals surface area contributed by atoms with E-state index in [0.29, 0.717) is 13.2 Å². The topological polar surface area (TPSA) is 67.8 Å². The maximum Gasteiger partial charge on any atom is 0.191 e. The third-order valence-corrected chi connectivity index (χ3v) is 5.20. The fourth-order valence-electron chi connectivity index (χ4n) is 2.62. The molecule has 3 rings (SSSR count). The fraction of sp³-hybridized carbons (Fsp3) is 0.474. The molecule has 0 fully saturated rings. The Bertz CT molecular complexity index is 740. The third-order valence-electron chi connectivity index (χ3n) is 4.07. The Morgan fingerprint density at radius 1 is 1.27 bits per heavy atom. The number of para-hydroxylation sites is 2. The van der Waals surface area contributed by atoms with E-state index in [0.717, 1.165) is 47.7 Å². The van der Waals surface area contributed by atoms with Crippen LogP contribution in [-0.2, 0) is 6.42 Å². The summed E-state index contributed by atoms with van der Waals surface area (Å²) >= 11 is 1.76. The molecule has 2 N–H and O–H groups in total. The molecule has 26 heavy (non-hydrogen) atoms. The largest absolute Gasteiger partial charge is 0.486 e. The summed E-state index contributed by atoms with van der Waals surface area (Å²) in [6.07, 6.45) is 0.810. The van der Waals surface area contributed by atoms with Gasteiger partial charge in [0, 0.05) is 24.4 Å². The number of thiazole rings is 1. The quantitative estimate of drug-likeness (QED) is 0.601. The van der Waals surface area contributed by atoms with Crippen molar-refractivity contribution in [3.63, 3.8) is 0 Å². The standard InChI is InChI=1S/C19H26N4O2S/c1-4-20-19(21-10-9-18-23-13(2)14(3)26-18)22-11-15-12-24-16-7-5-6-8-17(16)25-15/h5-8,15H,4,9-12H2,1-3H3,(H2,20,21,22). The highest BCUT2D eigenvalue weighted by atomic mass is 32.1. The van der Waals surface area contributed by atoms with E-state index in [-0.39, 0.29) is 6.10 Å². The summed E-state index contributed by atoms with van der Waals surface area (Å²) in [6.45, 7) is 8.88. The second-order valence-corrected chi connectivity index (χ2v) is 7.43. The number of hydrogen-bond acceptors (Lipinski definition) is 5. The lowest BCUT2D eigenvalue weighted by Gasteiger charge is -2.25. The first-order chi connectivity index (χ1) is 12.7. The van der Waals surface area contributed by atoms with Gasteiger partial charge in [-0.15, -0.1) is 11.3 Å². The van der Waals surface area contributed by atoms with Gasteiger partial charge < -0.3 is 20.1 Å². The van der Waals surface area contributed by atoms with Crippen molar-refractivity contribution in [2.75, 3.05) is 26.2 Å². The van der Waals surface area contributed by atoms with E-state index >= 15 is 0 Å². The molecule has 7 heteroatoms. The van der Waals surface area contributed by atoms with Crippen LogP contribution in [0.2, 0.25) is 0 Å². The maximum absolute atomic E-state index is 5.95. The van der Waals surface area contributed by atoms with E-state index in [2.05, 4.69) is 41.4 Å². The first-order valence-corrected chi connectivity index (χ1v) is 9.81. The highest BCUT2D eigenvalue weighted by Gasteiger charge is 2.20. The Morgan fingerprint density at radius 2 is 2.08 bits per heavy atom. The summed E-state index contributed by atoms with van der Waals surface area (Å²) in [7, 11) is 0. The molecule has 0 radical (unpaired) electrons. The molecule has 1 aliphatic heterocycles. The monoisotopic (exact) mass is 374 g/mol. The third kappa shape index (κ3) is 4.88. The summed E-state index contributed by atoms with van der Waals surface area (Å²) in [4.78, 5) is 10.5. The van der Waals surface area contributed by atoms with Crippen LogP contribution in [0, 0.1) is 13.8 Å². The first-order valence-electron chi connectivity index (χ1n) is 8.99. The van der Waals surface area contributed by atoms with Crippen LogP contribution in [0.1, 0.15) is 22.5 Å². The number of guanidine groups is 1. The van der Waals surface area contributed by atoms with Crippen LogP contribution in [-0.4, -0.2) is 43.3 Å². The minimum Gasteiger partial charge on any atom is -0.486 e. The molecule has 1 aromatic carbocycles. The number of nitrogens with one attached hydrogen (secondary N) is 2. The van der Waals surface area contributed by atoms with Gasteiger partial charge in [-0.2, -0.15) is 0 Å². The van der Waals surface area contributed by atoms with Gasteiger partial charge in [-0.25, -0.2) is 9.98 Å². The van der Waals surface area contributed by atoms with Crippen molar-refractivity contribution in [1.82, 2.24) is 15.6 Å². The van der Waals surface area contributed by atoms with E-state index in [1.54, 1.807) is 11.3 Å². The van der Waals surface area contributed by atoms with Crippen molar-refractivity contribution in [2.24, 2.45) is 4.99 Å². The summed E-state index contributed by atoms with van der Waals surface area (Å²) in [6, 6.07) is 7.73. The van der Waals surface area contributed by atoms with Gasteiger partial charge in [-0.1, -0.05) is 12.1 Å². The van der Waals surface area contributed by atoms with Gasteiger partial charge >= 0.3 is 0 Å². The Balaban J connectivity index is 1.50. The molecule has 0 amide bonds. The van der Waals surface area contributed by atoms with E-state index < -0.39 is 0 Å². The zero-order valence-corrected chi connectivity index (χ0v) is 16.4. The van der Waals surface area contributed by atoms with Crippen LogP contribution in [0.5, 0.6) is 11.5 Å². The van der Waals surface area contributed by atoms with Crippen LogP contribution >= 0.6 is 11.3 Å². The van der Waals surface area contributed by atoms with Crippen LogP contribution < -0.4 is 20.1 Å². The highest BCUT2D eigenvalue weighted by molar-refractivity contribution is 7.11. The number of fused-ring (bicyclic) bond motifs is 1. The number of aromatic nitrogens is 1. The van der Waals surface area contributed by atoms with E-state index in [9.17, 15) is 0 Å². The van der Waals surface area contributed by atoms with Crippen molar-refractivity contribution in [3.8, 4) is 11.5 Å². The normalized spacial score (nSPS) is 16.4. The first kappa shape index (κ1) is 18.5. The lowest BCUT2D eigenvalue weighted by Crippen LogP contribution is -2.40. The number of rotatable bonds is 6. The van der Waals surface area contributed by atoms with Crippen LogP contribution in [0.15, 0.2) is 29.3 Å². The summed E-state index contributed by atoms with van der Waals surface area (Å²) in [5, 5.41) is 7.79. The van der Waals surface area contributed by atoms with Crippen molar-refractivity contribution in [1.29, 1.82) is 0 Å². The van der Waals surface area contributed by atoms with Gasteiger partial charge in [0.25, 0.3) is 0 Å². The van der Waals surface area contributed by atoms with Crippen molar-refractivity contribution < 1.29 is 9.47 Å². The number of benzene rings is 1. The van der Waals surface area contributed by atoms with Crippen molar-refractivity contribution in [2.45, 2.75) is 33.3 Å². The molecule has 0 saturated heterocycles. The number of ether oxygens (including phenoxy) is 2. The zero-order chi connectivity index (χ0) is 18.4. The number of aliphatic imine (C=N–C) groups is 1. The van der Waals surface area contributed by atoms with E-state index in [1.807, 2.05) is 24.3 Å². The van der Waals surface area contributed by atoms with Gasteiger partial charge in [0.2, 0.25) is 0 Å². The second kappa shape index (κ2) is 8.89. The molecule has 1 aromatic heterocycles. The van der Waals surface area contributed by atoms with Gasteiger partial charge in [0.1, 0.15) is 6.61 Å². The predicted octanol–water partition coefficient (Wildman–Crippen LogP) is 2.70. The summed E-state index contributed by atoms with van der Waals surface area (Å²) < 4.78 is 11.7. The molecular formula is C19H26N4O2S.